The van der Waals surface area contributed by atoms with Crippen molar-refractivity contribution in [3.63, 3.8) is 0 Å². The van der Waals surface area contributed by atoms with Gasteiger partial charge in [-0.05, 0) is 36.6 Å². The second-order valence-corrected chi connectivity index (χ2v) is 6.54. The minimum Gasteiger partial charge on any atom is -0.354 e. The van der Waals surface area contributed by atoms with Crippen LogP contribution in [-0.4, -0.2) is 23.3 Å². The lowest BCUT2D eigenvalue weighted by atomic mass is 10.0. The van der Waals surface area contributed by atoms with Gasteiger partial charge in [-0.1, -0.05) is 61.0 Å². The Bertz CT molecular complexity index is 717. The van der Waals surface area contributed by atoms with Gasteiger partial charge in [0, 0.05) is 24.5 Å². The van der Waals surface area contributed by atoms with Gasteiger partial charge in [0.1, 0.15) is 6.04 Å². The van der Waals surface area contributed by atoms with Gasteiger partial charge in [0.2, 0.25) is 11.8 Å². The summed E-state index contributed by atoms with van der Waals surface area (Å²) in [7, 11) is 0. The number of nitrogens with one attached hydrogen (secondary N) is 1. The fourth-order valence-electron chi connectivity index (χ4n) is 2.85. The number of hydrogen-bond donors (Lipinski definition) is 1. The number of halogens is 1. The molecule has 1 N–H and O–H groups in total. The van der Waals surface area contributed by atoms with Crippen molar-refractivity contribution in [2.24, 2.45) is 0 Å². The fourth-order valence-corrected chi connectivity index (χ4v) is 2.97. The third-order valence-corrected chi connectivity index (χ3v) is 4.33. The Hall–Kier alpha value is -2.33. The first-order valence-corrected chi connectivity index (χ1v) is 9.31. The predicted molar refractivity (Wildman–Crippen MR) is 105 cm³/mol. The molecule has 0 aliphatic heterocycles. The molecular weight excluding hydrogens is 348 g/mol. The number of benzene rings is 2. The SMILES string of the molecule is CCCC(=O)N(Cc1ccc(Cl)cc1)[C@H](C(=O)NCC)c1ccccc1. The molecule has 0 heterocycles. The molecule has 0 aliphatic rings. The summed E-state index contributed by atoms with van der Waals surface area (Å²) in [5, 5.41) is 3.50. The molecule has 0 fully saturated rings. The molecule has 0 spiro atoms. The zero-order chi connectivity index (χ0) is 18.9. The van der Waals surface area contributed by atoms with Gasteiger partial charge in [-0.25, -0.2) is 0 Å². The van der Waals surface area contributed by atoms with Crippen molar-refractivity contribution in [1.82, 2.24) is 10.2 Å². The molecule has 0 unspecified atom stereocenters. The molecule has 138 valence electrons. The first-order chi connectivity index (χ1) is 12.6. The highest BCUT2D eigenvalue weighted by Crippen LogP contribution is 2.25. The minimum absolute atomic E-state index is 0.0393. The van der Waals surface area contributed by atoms with Gasteiger partial charge >= 0.3 is 0 Å². The van der Waals surface area contributed by atoms with Gasteiger partial charge in [0.05, 0.1) is 0 Å². The van der Waals surface area contributed by atoms with Crippen LogP contribution in [0.4, 0.5) is 0 Å². The number of carbonyl (C=O) groups is 2. The standard InChI is InChI=1S/C21H25ClN2O2/c1-3-8-19(25)24(15-16-11-13-18(22)14-12-16)20(21(26)23-4-2)17-9-6-5-7-10-17/h5-7,9-14,20H,3-4,8,15H2,1-2H3,(H,23,26)/t20-/m0/s1. The van der Waals surface area contributed by atoms with Crippen LogP contribution >= 0.6 is 11.6 Å². The highest BCUT2D eigenvalue weighted by molar-refractivity contribution is 6.30. The Kier molecular flexibility index (Phi) is 7.67. The number of carbonyl (C=O) groups excluding carboxylic acids is 2. The smallest absolute Gasteiger partial charge is 0.247 e. The molecule has 4 nitrogen and oxygen atoms in total. The van der Waals surface area contributed by atoms with E-state index < -0.39 is 6.04 Å². The lowest BCUT2D eigenvalue weighted by molar-refractivity contribution is -0.141. The van der Waals surface area contributed by atoms with Crippen LogP contribution in [0.15, 0.2) is 54.6 Å². The van der Waals surface area contributed by atoms with Crippen LogP contribution in [-0.2, 0) is 16.1 Å². The maximum Gasteiger partial charge on any atom is 0.247 e. The van der Waals surface area contributed by atoms with Crippen LogP contribution in [0.2, 0.25) is 5.02 Å². The number of likely N-dealkylation sites (N-methyl/N-ethyl adjacent to an activating group) is 1. The average Bonchev–Trinajstić information content (AvgIpc) is 2.64. The van der Waals surface area contributed by atoms with E-state index in [4.69, 9.17) is 11.6 Å². The lowest BCUT2D eigenvalue weighted by Crippen LogP contribution is -2.43. The second-order valence-electron chi connectivity index (χ2n) is 6.11. The summed E-state index contributed by atoms with van der Waals surface area (Å²) in [6.07, 6.45) is 1.13. The summed E-state index contributed by atoms with van der Waals surface area (Å²) in [5.41, 5.74) is 1.74. The molecular formula is C21H25ClN2O2. The van der Waals surface area contributed by atoms with E-state index in [2.05, 4.69) is 5.32 Å². The lowest BCUT2D eigenvalue weighted by Gasteiger charge is -2.31. The van der Waals surface area contributed by atoms with Gasteiger partial charge in [0.25, 0.3) is 0 Å². The topological polar surface area (TPSA) is 49.4 Å². The van der Waals surface area contributed by atoms with E-state index in [1.807, 2.05) is 56.3 Å². The fraction of sp³-hybridized carbons (Fsp3) is 0.333. The summed E-state index contributed by atoms with van der Waals surface area (Å²) in [6.45, 7) is 4.70. The summed E-state index contributed by atoms with van der Waals surface area (Å²) in [6, 6.07) is 16.1. The molecule has 0 bridgehead atoms. The Labute approximate surface area is 160 Å². The van der Waals surface area contributed by atoms with Gasteiger partial charge in [-0.3, -0.25) is 9.59 Å². The molecule has 2 aromatic carbocycles. The minimum atomic E-state index is -0.661. The van der Waals surface area contributed by atoms with Crippen molar-refractivity contribution in [2.75, 3.05) is 6.54 Å². The van der Waals surface area contributed by atoms with Gasteiger partial charge in [0.15, 0.2) is 0 Å². The molecule has 0 radical (unpaired) electrons. The first-order valence-electron chi connectivity index (χ1n) is 8.93. The molecule has 0 saturated carbocycles. The number of hydrogen-bond acceptors (Lipinski definition) is 2. The number of rotatable bonds is 8. The Morgan fingerprint density at radius 1 is 1.04 bits per heavy atom. The highest BCUT2D eigenvalue weighted by atomic mass is 35.5. The van der Waals surface area contributed by atoms with Crippen molar-refractivity contribution in [1.29, 1.82) is 0 Å². The van der Waals surface area contributed by atoms with Crippen molar-refractivity contribution in [3.05, 3.63) is 70.7 Å². The maximum absolute atomic E-state index is 12.9. The van der Waals surface area contributed by atoms with Crippen molar-refractivity contribution in [3.8, 4) is 0 Å². The molecule has 26 heavy (non-hydrogen) atoms. The Balaban J connectivity index is 2.41. The predicted octanol–water partition coefficient (Wildman–Crippen LogP) is 4.35. The Morgan fingerprint density at radius 3 is 2.27 bits per heavy atom. The van der Waals surface area contributed by atoms with Crippen LogP contribution in [0.5, 0.6) is 0 Å². The molecule has 0 aliphatic carbocycles. The Morgan fingerprint density at radius 2 is 1.69 bits per heavy atom. The van der Waals surface area contributed by atoms with Crippen LogP contribution in [0, 0.1) is 0 Å². The van der Waals surface area contributed by atoms with E-state index in [1.165, 1.54) is 0 Å². The monoisotopic (exact) mass is 372 g/mol. The van der Waals surface area contributed by atoms with Gasteiger partial charge in [-0.15, -0.1) is 0 Å². The zero-order valence-electron chi connectivity index (χ0n) is 15.2. The van der Waals surface area contributed by atoms with E-state index in [1.54, 1.807) is 17.0 Å². The number of amides is 2. The third kappa shape index (κ3) is 5.33. The molecule has 2 rings (SSSR count). The molecule has 2 amide bonds. The normalized spacial score (nSPS) is 11.7. The largest absolute Gasteiger partial charge is 0.354 e. The van der Waals surface area contributed by atoms with E-state index in [0.29, 0.717) is 24.5 Å². The van der Waals surface area contributed by atoms with Crippen LogP contribution < -0.4 is 5.32 Å². The third-order valence-electron chi connectivity index (χ3n) is 4.08. The summed E-state index contributed by atoms with van der Waals surface area (Å²) >= 11 is 5.97. The molecule has 1 atom stereocenters. The van der Waals surface area contributed by atoms with Gasteiger partial charge in [-0.2, -0.15) is 0 Å². The van der Waals surface area contributed by atoms with Crippen molar-refractivity contribution in [2.45, 2.75) is 39.3 Å². The van der Waals surface area contributed by atoms with E-state index in [0.717, 1.165) is 17.5 Å². The maximum atomic E-state index is 12.9. The molecule has 0 aromatic heterocycles. The van der Waals surface area contributed by atoms with Gasteiger partial charge < -0.3 is 10.2 Å². The zero-order valence-corrected chi connectivity index (χ0v) is 16.0. The van der Waals surface area contributed by atoms with Crippen LogP contribution in [0.1, 0.15) is 43.9 Å². The van der Waals surface area contributed by atoms with E-state index in [9.17, 15) is 9.59 Å². The second kappa shape index (κ2) is 9.97. The summed E-state index contributed by atoms with van der Waals surface area (Å²) < 4.78 is 0. The summed E-state index contributed by atoms with van der Waals surface area (Å²) in [4.78, 5) is 27.3. The molecule has 2 aromatic rings. The van der Waals surface area contributed by atoms with Crippen LogP contribution in [0.3, 0.4) is 0 Å². The van der Waals surface area contributed by atoms with Crippen LogP contribution in [0.25, 0.3) is 0 Å². The van der Waals surface area contributed by atoms with E-state index >= 15 is 0 Å². The quantitative estimate of drug-likeness (QED) is 0.749. The van der Waals surface area contributed by atoms with Crippen molar-refractivity contribution >= 4 is 23.4 Å². The molecule has 0 saturated heterocycles. The highest BCUT2D eigenvalue weighted by Gasteiger charge is 2.30. The molecule has 5 heteroatoms. The summed E-state index contributed by atoms with van der Waals surface area (Å²) in [5.74, 6) is -0.209. The van der Waals surface area contributed by atoms with E-state index in [-0.39, 0.29) is 11.8 Å². The first kappa shape index (κ1) is 20.0. The number of nitrogens with zero attached hydrogens (tertiary/aromatic N) is 1. The average molecular weight is 373 g/mol. The van der Waals surface area contributed by atoms with Crippen molar-refractivity contribution < 1.29 is 9.59 Å².